The monoisotopic (exact) mass is 180 g/mol. The van der Waals surface area contributed by atoms with Crippen LogP contribution in [0, 0.1) is 5.92 Å². The molecule has 2 nitrogen and oxygen atoms in total. The van der Waals surface area contributed by atoms with Gasteiger partial charge in [-0.25, -0.2) is 4.79 Å². The number of rotatable bonds is 3. The van der Waals surface area contributed by atoms with Crippen LogP contribution in [-0.2, 0) is 4.79 Å². The third kappa shape index (κ3) is 3.45. The fraction of sp³-hybridized carbons (Fsp3) is 0.545. The molecule has 1 aliphatic carbocycles. The molecule has 72 valence electrons. The Morgan fingerprint density at radius 3 is 2.92 bits per heavy atom. The number of hydrogen-bond acceptors (Lipinski definition) is 1. The van der Waals surface area contributed by atoms with E-state index in [1.165, 1.54) is 6.42 Å². The Labute approximate surface area is 79.0 Å². The second-order valence-electron chi connectivity index (χ2n) is 3.58. The molecule has 0 aromatic rings. The predicted octanol–water partition coefficient (Wildman–Crippen LogP) is 2.76. The van der Waals surface area contributed by atoms with E-state index in [2.05, 4.69) is 12.2 Å². The van der Waals surface area contributed by atoms with Crippen molar-refractivity contribution in [2.24, 2.45) is 5.92 Å². The van der Waals surface area contributed by atoms with Gasteiger partial charge in [0.1, 0.15) is 0 Å². The predicted molar refractivity (Wildman–Crippen MR) is 52.5 cm³/mol. The van der Waals surface area contributed by atoms with Crippen LogP contribution in [-0.4, -0.2) is 11.1 Å². The summed E-state index contributed by atoms with van der Waals surface area (Å²) >= 11 is 0. The summed E-state index contributed by atoms with van der Waals surface area (Å²) in [6.45, 7) is 1.65. The van der Waals surface area contributed by atoms with Crippen LogP contribution in [0.3, 0.4) is 0 Å². The van der Waals surface area contributed by atoms with Crippen molar-refractivity contribution < 1.29 is 9.90 Å². The Bertz CT molecular complexity index is 238. The molecular formula is C11H16O2. The first-order valence-electron chi connectivity index (χ1n) is 4.75. The van der Waals surface area contributed by atoms with Crippen molar-refractivity contribution in [2.75, 3.05) is 0 Å². The number of carbonyl (C=O) groups is 1. The molecule has 1 aliphatic rings. The molecule has 0 aromatic heterocycles. The molecule has 0 amide bonds. The Morgan fingerprint density at radius 2 is 2.38 bits per heavy atom. The molecule has 0 saturated carbocycles. The summed E-state index contributed by atoms with van der Waals surface area (Å²) in [4.78, 5) is 10.5. The maximum Gasteiger partial charge on any atom is 0.330 e. The van der Waals surface area contributed by atoms with Gasteiger partial charge in [-0.3, -0.25) is 0 Å². The average molecular weight is 180 g/mol. The summed E-state index contributed by atoms with van der Waals surface area (Å²) in [6.07, 6.45) is 10.6. The molecule has 0 spiro atoms. The van der Waals surface area contributed by atoms with E-state index in [0.717, 1.165) is 19.3 Å². The van der Waals surface area contributed by atoms with E-state index in [1.807, 2.05) is 6.08 Å². The Kier molecular flexibility index (Phi) is 3.74. The fourth-order valence-electron chi connectivity index (χ4n) is 1.50. The topological polar surface area (TPSA) is 37.3 Å². The van der Waals surface area contributed by atoms with Gasteiger partial charge in [-0.15, -0.1) is 0 Å². The minimum Gasteiger partial charge on any atom is -0.478 e. The summed E-state index contributed by atoms with van der Waals surface area (Å²) in [6, 6.07) is 0. The molecule has 1 atom stereocenters. The molecule has 0 saturated heterocycles. The number of hydrogen-bond donors (Lipinski definition) is 1. The molecule has 0 bridgehead atoms. The Balaban J connectivity index is 2.36. The normalized spacial score (nSPS) is 23.2. The lowest BCUT2D eigenvalue weighted by atomic mass is 9.91. The largest absolute Gasteiger partial charge is 0.478 e. The third-order valence-electron chi connectivity index (χ3n) is 2.47. The first kappa shape index (κ1) is 10.0. The van der Waals surface area contributed by atoms with Crippen LogP contribution in [0.5, 0.6) is 0 Å². The van der Waals surface area contributed by atoms with Gasteiger partial charge in [0.2, 0.25) is 0 Å². The van der Waals surface area contributed by atoms with E-state index in [0.29, 0.717) is 11.5 Å². The molecule has 1 unspecified atom stereocenters. The highest BCUT2D eigenvalue weighted by molar-refractivity contribution is 5.85. The number of carboxylic acids is 1. The summed E-state index contributed by atoms with van der Waals surface area (Å²) in [7, 11) is 0. The van der Waals surface area contributed by atoms with Gasteiger partial charge < -0.3 is 5.11 Å². The molecular weight excluding hydrogens is 164 g/mol. The van der Waals surface area contributed by atoms with E-state index in [1.54, 1.807) is 6.92 Å². The molecule has 0 aliphatic heterocycles. The number of carboxylic acid groups (broad SMARTS) is 1. The highest BCUT2D eigenvalue weighted by Gasteiger charge is 2.08. The van der Waals surface area contributed by atoms with Gasteiger partial charge in [-0.2, -0.15) is 0 Å². The van der Waals surface area contributed by atoms with Gasteiger partial charge in [0, 0.05) is 5.57 Å². The highest BCUT2D eigenvalue weighted by atomic mass is 16.4. The molecule has 1 rings (SSSR count). The lowest BCUT2D eigenvalue weighted by molar-refractivity contribution is -0.132. The maximum atomic E-state index is 10.5. The first-order chi connectivity index (χ1) is 6.20. The average Bonchev–Trinajstić information content (AvgIpc) is 2.15. The van der Waals surface area contributed by atoms with Crippen molar-refractivity contribution in [2.45, 2.75) is 32.6 Å². The smallest absolute Gasteiger partial charge is 0.330 e. The number of aliphatic carboxylic acids is 1. The van der Waals surface area contributed by atoms with Crippen molar-refractivity contribution in [3.8, 4) is 0 Å². The van der Waals surface area contributed by atoms with E-state index in [4.69, 9.17) is 5.11 Å². The first-order valence-corrected chi connectivity index (χ1v) is 4.75. The van der Waals surface area contributed by atoms with Crippen molar-refractivity contribution in [1.29, 1.82) is 0 Å². The molecule has 2 heteroatoms. The van der Waals surface area contributed by atoms with Crippen LogP contribution in [0.25, 0.3) is 0 Å². The second-order valence-corrected chi connectivity index (χ2v) is 3.58. The summed E-state index contributed by atoms with van der Waals surface area (Å²) in [5.74, 6) is -0.148. The second kappa shape index (κ2) is 4.85. The van der Waals surface area contributed by atoms with Crippen molar-refractivity contribution in [3.63, 3.8) is 0 Å². The van der Waals surface area contributed by atoms with E-state index >= 15 is 0 Å². The summed E-state index contributed by atoms with van der Waals surface area (Å²) in [5.41, 5.74) is 0.467. The van der Waals surface area contributed by atoms with E-state index in [-0.39, 0.29) is 0 Å². The Hall–Kier alpha value is -1.05. The number of allylic oxidation sites excluding steroid dienone is 3. The zero-order valence-corrected chi connectivity index (χ0v) is 7.99. The van der Waals surface area contributed by atoms with Crippen LogP contribution >= 0.6 is 0 Å². The summed E-state index contributed by atoms with van der Waals surface area (Å²) in [5, 5.41) is 8.63. The minimum absolute atomic E-state index is 0.467. The van der Waals surface area contributed by atoms with Gasteiger partial charge in [0.05, 0.1) is 0 Å². The van der Waals surface area contributed by atoms with E-state index < -0.39 is 5.97 Å². The van der Waals surface area contributed by atoms with Gasteiger partial charge >= 0.3 is 5.97 Å². The van der Waals surface area contributed by atoms with Crippen molar-refractivity contribution in [1.82, 2.24) is 0 Å². The molecule has 13 heavy (non-hydrogen) atoms. The van der Waals surface area contributed by atoms with Crippen molar-refractivity contribution >= 4 is 5.97 Å². The molecule has 0 fully saturated rings. The van der Waals surface area contributed by atoms with Gasteiger partial charge in [0.15, 0.2) is 0 Å². The highest BCUT2D eigenvalue weighted by Crippen LogP contribution is 2.22. The van der Waals surface area contributed by atoms with Crippen LogP contribution in [0.4, 0.5) is 0 Å². The van der Waals surface area contributed by atoms with Gasteiger partial charge in [0.25, 0.3) is 0 Å². The third-order valence-corrected chi connectivity index (χ3v) is 2.47. The van der Waals surface area contributed by atoms with Crippen LogP contribution in [0.15, 0.2) is 23.8 Å². The fourth-order valence-corrected chi connectivity index (χ4v) is 1.50. The molecule has 0 radical (unpaired) electrons. The lowest BCUT2D eigenvalue weighted by Gasteiger charge is -2.15. The minimum atomic E-state index is -0.800. The quantitative estimate of drug-likeness (QED) is 0.535. The van der Waals surface area contributed by atoms with Gasteiger partial charge in [-0.1, -0.05) is 18.2 Å². The standard InChI is InChI=1S/C11H16O2/c1-9(11(12)13)7-8-10-5-3-2-4-6-10/h2-3,7,10H,4-6,8H2,1H3,(H,12,13). The van der Waals surface area contributed by atoms with Crippen LogP contribution in [0.2, 0.25) is 0 Å². The zero-order chi connectivity index (χ0) is 9.68. The lowest BCUT2D eigenvalue weighted by Crippen LogP contribution is -2.02. The van der Waals surface area contributed by atoms with Crippen molar-refractivity contribution in [3.05, 3.63) is 23.8 Å². The van der Waals surface area contributed by atoms with Crippen LogP contribution < -0.4 is 0 Å². The summed E-state index contributed by atoms with van der Waals surface area (Å²) < 4.78 is 0. The van der Waals surface area contributed by atoms with Crippen LogP contribution in [0.1, 0.15) is 32.6 Å². The van der Waals surface area contributed by atoms with E-state index in [9.17, 15) is 4.79 Å². The molecule has 0 heterocycles. The Morgan fingerprint density at radius 1 is 1.62 bits per heavy atom. The van der Waals surface area contributed by atoms with Gasteiger partial charge in [-0.05, 0) is 38.5 Å². The zero-order valence-electron chi connectivity index (χ0n) is 7.99. The molecule has 1 N–H and O–H groups in total. The SMILES string of the molecule is CC(=CCC1CC=CCC1)C(=O)O. The molecule has 0 aromatic carbocycles. The maximum absolute atomic E-state index is 10.5.